The minimum Gasteiger partial charge on any atom is -0.326 e. The molecule has 0 radical (unpaired) electrons. The van der Waals surface area contributed by atoms with Gasteiger partial charge in [0.1, 0.15) is 0 Å². The van der Waals surface area contributed by atoms with E-state index < -0.39 is 0 Å². The average Bonchev–Trinajstić information content (AvgIpc) is 2.83. The van der Waals surface area contributed by atoms with Crippen molar-refractivity contribution in [3.63, 3.8) is 0 Å². The second-order valence-corrected chi connectivity index (χ2v) is 6.17. The molecule has 0 aromatic carbocycles. The molecule has 3 rings (SSSR count). The van der Waals surface area contributed by atoms with Gasteiger partial charge in [-0.1, -0.05) is 13.3 Å². The van der Waals surface area contributed by atoms with E-state index >= 15 is 0 Å². The summed E-state index contributed by atoms with van der Waals surface area (Å²) in [5.41, 5.74) is 6.19. The predicted molar refractivity (Wildman–Crippen MR) is 62.6 cm³/mol. The van der Waals surface area contributed by atoms with Gasteiger partial charge in [-0.25, -0.2) is 0 Å². The Morgan fingerprint density at radius 3 is 2.60 bits per heavy atom. The average molecular weight is 208 g/mol. The second kappa shape index (κ2) is 3.74. The first-order valence-corrected chi connectivity index (χ1v) is 6.73. The molecule has 0 aromatic heterocycles. The lowest BCUT2D eigenvalue weighted by Crippen LogP contribution is -2.52. The van der Waals surface area contributed by atoms with Gasteiger partial charge in [-0.05, 0) is 50.0 Å². The van der Waals surface area contributed by atoms with Crippen molar-refractivity contribution in [2.45, 2.75) is 51.1 Å². The Kier molecular flexibility index (Phi) is 2.52. The van der Waals surface area contributed by atoms with Crippen LogP contribution in [0, 0.1) is 17.8 Å². The molecule has 1 heterocycles. The number of likely N-dealkylation sites (tertiary alicyclic amines) is 1. The summed E-state index contributed by atoms with van der Waals surface area (Å²) >= 11 is 0. The normalized spacial score (nSPS) is 51.2. The quantitative estimate of drug-likeness (QED) is 0.712. The molecule has 3 fully saturated rings. The van der Waals surface area contributed by atoms with Gasteiger partial charge in [0.05, 0.1) is 0 Å². The minimum absolute atomic E-state index is 0.429. The Bertz CT molecular complexity index is 241. The monoisotopic (exact) mass is 208 g/mol. The highest BCUT2D eigenvalue weighted by Gasteiger charge is 2.43. The van der Waals surface area contributed by atoms with Crippen LogP contribution in [-0.2, 0) is 0 Å². The van der Waals surface area contributed by atoms with Gasteiger partial charge in [0.25, 0.3) is 0 Å². The van der Waals surface area contributed by atoms with Crippen LogP contribution in [0.3, 0.4) is 0 Å². The zero-order valence-electron chi connectivity index (χ0n) is 9.86. The third kappa shape index (κ3) is 1.72. The molecule has 1 saturated heterocycles. The molecule has 0 amide bonds. The molecule has 2 heteroatoms. The Balaban J connectivity index is 1.63. The minimum atomic E-state index is 0.429. The summed E-state index contributed by atoms with van der Waals surface area (Å²) in [5, 5.41) is 0. The van der Waals surface area contributed by atoms with Gasteiger partial charge in [-0.2, -0.15) is 0 Å². The van der Waals surface area contributed by atoms with Gasteiger partial charge in [-0.3, -0.25) is 4.90 Å². The van der Waals surface area contributed by atoms with Crippen LogP contribution in [0.1, 0.15) is 39.0 Å². The molecule has 3 aliphatic rings. The molecule has 1 aliphatic heterocycles. The number of nitrogens with two attached hydrogens (primary N) is 1. The van der Waals surface area contributed by atoms with Crippen LogP contribution in [0.2, 0.25) is 0 Å². The predicted octanol–water partition coefficient (Wildman–Crippen LogP) is 1.84. The van der Waals surface area contributed by atoms with Crippen LogP contribution >= 0.6 is 0 Å². The molecule has 0 spiro atoms. The van der Waals surface area contributed by atoms with Crippen molar-refractivity contribution >= 4 is 0 Å². The van der Waals surface area contributed by atoms with Crippen molar-refractivity contribution < 1.29 is 0 Å². The first-order valence-electron chi connectivity index (χ1n) is 6.73. The van der Waals surface area contributed by atoms with Crippen LogP contribution in [0.5, 0.6) is 0 Å². The van der Waals surface area contributed by atoms with E-state index in [9.17, 15) is 0 Å². The van der Waals surface area contributed by atoms with Crippen molar-refractivity contribution in [3.05, 3.63) is 0 Å². The number of piperidine rings is 1. The fraction of sp³-hybridized carbons (Fsp3) is 1.00. The molecule has 2 saturated carbocycles. The molecule has 5 unspecified atom stereocenters. The van der Waals surface area contributed by atoms with E-state index in [0.717, 1.165) is 30.3 Å². The van der Waals surface area contributed by atoms with Gasteiger partial charge < -0.3 is 5.73 Å². The summed E-state index contributed by atoms with van der Waals surface area (Å²) in [6.07, 6.45) is 7.32. The number of fused-ring (bicyclic) bond motifs is 2. The highest BCUT2D eigenvalue weighted by molar-refractivity contribution is 4.97. The first-order chi connectivity index (χ1) is 7.24. The lowest BCUT2D eigenvalue weighted by atomic mass is 9.88. The third-order valence-corrected chi connectivity index (χ3v) is 5.22. The summed E-state index contributed by atoms with van der Waals surface area (Å²) < 4.78 is 0. The smallest absolute Gasteiger partial charge is 0.0194 e. The molecule has 2 nitrogen and oxygen atoms in total. The summed E-state index contributed by atoms with van der Waals surface area (Å²) in [5.74, 6) is 2.83. The van der Waals surface area contributed by atoms with Crippen LogP contribution in [0.4, 0.5) is 0 Å². The van der Waals surface area contributed by atoms with Gasteiger partial charge in [-0.15, -0.1) is 0 Å². The molecule has 15 heavy (non-hydrogen) atoms. The van der Waals surface area contributed by atoms with Crippen molar-refractivity contribution in [1.82, 2.24) is 4.90 Å². The molecule has 5 atom stereocenters. The summed E-state index contributed by atoms with van der Waals surface area (Å²) in [7, 11) is 0. The molecular weight excluding hydrogens is 184 g/mol. The van der Waals surface area contributed by atoms with Crippen LogP contribution in [-0.4, -0.2) is 30.1 Å². The van der Waals surface area contributed by atoms with Gasteiger partial charge >= 0.3 is 0 Å². The maximum Gasteiger partial charge on any atom is 0.0194 e. The standard InChI is InChI=1S/C13H24N2/c1-9-4-5-15(8-12(9)14)13-7-10-2-3-11(13)6-10/h9-13H,2-8,14H2,1H3. The van der Waals surface area contributed by atoms with Crippen LogP contribution < -0.4 is 5.73 Å². The number of rotatable bonds is 1. The zero-order chi connectivity index (χ0) is 10.4. The first kappa shape index (κ1) is 10.1. The Morgan fingerprint density at radius 2 is 2.00 bits per heavy atom. The van der Waals surface area contributed by atoms with Gasteiger partial charge in [0, 0.05) is 18.6 Å². The second-order valence-electron chi connectivity index (χ2n) is 6.17. The third-order valence-electron chi connectivity index (χ3n) is 5.22. The fourth-order valence-corrected chi connectivity index (χ4v) is 4.09. The van der Waals surface area contributed by atoms with Gasteiger partial charge in [0.15, 0.2) is 0 Å². The van der Waals surface area contributed by atoms with E-state index in [1.807, 2.05) is 0 Å². The fourth-order valence-electron chi connectivity index (χ4n) is 4.09. The van der Waals surface area contributed by atoms with E-state index in [2.05, 4.69) is 11.8 Å². The Morgan fingerprint density at radius 1 is 1.13 bits per heavy atom. The maximum absolute atomic E-state index is 6.19. The number of nitrogens with zero attached hydrogens (tertiary/aromatic N) is 1. The van der Waals surface area contributed by atoms with Crippen LogP contribution in [0.25, 0.3) is 0 Å². The Labute approximate surface area is 93.2 Å². The van der Waals surface area contributed by atoms with E-state index in [4.69, 9.17) is 5.73 Å². The SMILES string of the molecule is CC1CCN(C2CC3CCC2C3)CC1N. The van der Waals surface area contributed by atoms with Crippen molar-refractivity contribution in [2.75, 3.05) is 13.1 Å². The molecule has 86 valence electrons. The summed E-state index contributed by atoms with van der Waals surface area (Å²) in [4.78, 5) is 2.72. The van der Waals surface area contributed by atoms with E-state index in [-0.39, 0.29) is 0 Å². The number of hydrogen-bond donors (Lipinski definition) is 1. The molecule has 2 N–H and O–H groups in total. The molecular formula is C13H24N2. The summed E-state index contributed by atoms with van der Waals surface area (Å²) in [6.45, 7) is 4.78. The number of hydrogen-bond acceptors (Lipinski definition) is 2. The van der Waals surface area contributed by atoms with E-state index in [1.165, 1.54) is 38.6 Å². The largest absolute Gasteiger partial charge is 0.326 e. The lowest BCUT2D eigenvalue weighted by molar-refractivity contribution is 0.0875. The maximum atomic E-state index is 6.19. The van der Waals surface area contributed by atoms with Crippen molar-refractivity contribution in [3.8, 4) is 0 Å². The highest BCUT2D eigenvalue weighted by Crippen LogP contribution is 2.47. The summed E-state index contributed by atoms with van der Waals surface area (Å²) in [6, 6.07) is 1.33. The topological polar surface area (TPSA) is 29.3 Å². The molecule has 2 bridgehead atoms. The lowest BCUT2D eigenvalue weighted by Gasteiger charge is -2.41. The van der Waals surface area contributed by atoms with Gasteiger partial charge in [0.2, 0.25) is 0 Å². The van der Waals surface area contributed by atoms with E-state index in [1.54, 1.807) is 0 Å². The zero-order valence-corrected chi connectivity index (χ0v) is 9.86. The molecule has 2 aliphatic carbocycles. The molecule has 0 aromatic rings. The van der Waals surface area contributed by atoms with Crippen molar-refractivity contribution in [2.24, 2.45) is 23.5 Å². The Hall–Kier alpha value is -0.0800. The van der Waals surface area contributed by atoms with E-state index in [0.29, 0.717) is 6.04 Å². The van der Waals surface area contributed by atoms with Crippen LogP contribution in [0.15, 0.2) is 0 Å². The highest BCUT2D eigenvalue weighted by atomic mass is 15.2. The van der Waals surface area contributed by atoms with Crippen molar-refractivity contribution in [1.29, 1.82) is 0 Å².